The van der Waals surface area contributed by atoms with Crippen LogP contribution in [0.4, 0.5) is 0 Å². The Kier molecular flexibility index (Phi) is 3.57. The molecule has 5 nitrogen and oxygen atoms in total. The van der Waals surface area contributed by atoms with Crippen LogP contribution in [0.1, 0.15) is 11.1 Å². The molecular formula is C12H10BrN3O2. The molecule has 0 saturated heterocycles. The number of pyridine rings is 1. The second-order valence-corrected chi connectivity index (χ2v) is 4.60. The van der Waals surface area contributed by atoms with E-state index >= 15 is 0 Å². The van der Waals surface area contributed by atoms with E-state index in [0.717, 1.165) is 21.7 Å². The van der Waals surface area contributed by atoms with Crippen molar-refractivity contribution in [3.8, 4) is 5.82 Å². The van der Waals surface area contributed by atoms with E-state index in [-0.39, 0.29) is 0 Å². The normalized spacial score (nSPS) is 11.0. The number of rotatable bonds is 3. The van der Waals surface area contributed by atoms with Crippen LogP contribution in [-0.4, -0.2) is 25.8 Å². The summed E-state index contributed by atoms with van der Waals surface area (Å²) in [6, 6.07) is 1.86. The largest absolute Gasteiger partial charge is 0.478 e. The smallest absolute Gasteiger partial charge is 0.328 e. The van der Waals surface area contributed by atoms with Gasteiger partial charge in [0.25, 0.3) is 0 Å². The van der Waals surface area contributed by atoms with Crippen LogP contribution in [0.2, 0.25) is 0 Å². The van der Waals surface area contributed by atoms with E-state index in [9.17, 15) is 4.79 Å². The summed E-state index contributed by atoms with van der Waals surface area (Å²) in [5, 5.41) is 12.7. The molecule has 1 N–H and O–H groups in total. The Hall–Kier alpha value is -1.95. The van der Waals surface area contributed by atoms with Crippen molar-refractivity contribution in [2.45, 2.75) is 6.92 Å². The molecular weight excluding hydrogens is 298 g/mol. The molecule has 0 radical (unpaired) electrons. The Morgan fingerprint density at radius 2 is 2.28 bits per heavy atom. The number of aliphatic carboxylic acids is 1. The lowest BCUT2D eigenvalue weighted by molar-refractivity contribution is -0.131. The molecule has 0 spiro atoms. The average Bonchev–Trinajstić information content (AvgIpc) is 2.73. The maximum absolute atomic E-state index is 10.4. The molecule has 0 amide bonds. The maximum atomic E-state index is 10.4. The summed E-state index contributed by atoms with van der Waals surface area (Å²) >= 11 is 3.32. The molecule has 0 saturated carbocycles. The van der Waals surface area contributed by atoms with Crippen LogP contribution >= 0.6 is 15.9 Å². The van der Waals surface area contributed by atoms with Crippen molar-refractivity contribution in [3.63, 3.8) is 0 Å². The number of hydrogen-bond acceptors (Lipinski definition) is 3. The van der Waals surface area contributed by atoms with Crippen LogP contribution < -0.4 is 0 Å². The van der Waals surface area contributed by atoms with Crippen molar-refractivity contribution in [2.24, 2.45) is 0 Å². The van der Waals surface area contributed by atoms with Crippen LogP contribution in [0.25, 0.3) is 11.9 Å². The van der Waals surface area contributed by atoms with Gasteiger partial charge in [-0.05, 0) is 46.1 Å². The topological polar surface area (TPSA) is 68.0 Å². The fraction of sp³-hybridized carbons (Fsp3) is 0.0833. The van der Waals surface area contributed by atoms with Crippen molar-refractivity contribution in [1.29, 1.82) is 0 Å². The Balaban J connectivity index is 2.33. The van der Waals surface area contributed by atoms with E-state index in [1.165, 1.54) is 6.08 Å². The van der Waals surface area contributed by atoms with E-state index in [4.69, 9.17) is 5.11 Å². The summed E-state index contributed by atoms with van der Waals surface area (Å²) in [4.78, 5) is 14.7. The summed E-state index contributed by atoms with van der Waals surface area (Å²) < 4.78 is 2.53. The fourth-order valence-electron chi connectivity index (χ4n) is 1.50. The first-order valence-corrected chi connectivity index (χ1v) is 5.94. The van der Waals surface area contributed by atoms with Crippen LogP contribution in [0.15, 0.2) is 35.2 Å². The van der Waals surface area contributed by atoms with Gasteiger partial charge in [-0.15, -0.1) is 0 Å². The molecule has 18 heavy (non-hydrogen) atoms. The first kappa shape index (κ1) is 12.5. The molecule has 0 aliphatic carbocycles. The molecule has 0 unspecified atom stereocenters. The third-order valence-corrected chi connectivity index (χ3v) is 2.67. The van der Waals surface area contributed by atoms with Crippen molar-refractivity contribution in [1.82, 2.24) is 14.8 Å². The maximum Gasteiger partial charge on any atom is 0.328 e. The Bertz CT molecular complexity index is 620. The Morgan fingerprint density at radius 3 is 2.83 bits per heavy atom. The van der Waals surface area contributed by atoms with Crippen molar-refractivity contribution in [2.75, 3.05) is 0 Å². The minimum atomic E-state index is -0.979. The molecule has 2 heterocycles. The van der Waals surface area contributed by atoms with Gasteiger partial charge >= 0.3 is 5.97 Å². The summed E-state index contributed by atoms with van der Waals surface area (Å²) in [5.74, 6) is -0.263. The molecule has 0 fully saturated rings. The second-order valence-electron chi connectivity index (χ2n) is 3.68. The molecule has 0 aliphatic rings. The average molecular weight is 308 g/mol. The zero-order valence-electron chi connectivity index (χ0n) is 9.54. The summed E-state index contributed by atoms with van der Waals surface area (Å²) in [5.41, 5.74) is 1.66. The van der Waals surface area contributed by atoms with Gasteiger partial charge in [-0.1, -0.05) is 0 Å². The Labute approximate surface area is 112 Å². The van der Waals surface area contributed by atoms with Crippen molar-refractivity contribution < 1.29 is 9.90 Å². The van der Waals surface area contributed by atoms with Crippen LogP contribution in [0.5, 0.6) is 0 Å². The molecule has 0 aliphatic heterocycles. The van der Waals surface area contributed by atoms with Gasteiger partial charge in [0, 0.05) is 18.5 Å². The number of carboxylic acids is 1. The monoisotopic (exact) mass is 307 g/mol. The van der Waals surface area contributed by atoms with Gasteiger partial charge < -0.3 is 5.11 Å². The number of aryl methyl sites for hydroxylation is 1. The lowest BCUT2D eigenvalue weighted by Crippen LogP contribution is -2.01. The molecule has 0 bridgehead atoms. The minimum Gasteiger partial charge on any atom is -0.478 e. The summed E-state index contributed by atoms with van der Waals surface area (Å²) in [7, 11) is 0. The highest BCUT2D eigenvalue weighted by atomic mass is 79.9. The fourth-order valence-corrected chi connectivity index (χ4v) is 1.79. The molecule has 6 heteroatoms. The number of hydrogen-bond donors (Lipinski definition) is 1. The molecule has 2 rings (SSSR count). The molecule has 0 atom stereocenters. The van der Waals surface area contributed by atoms with E-state index in [1.54, 1.807) is 17.1 Å². The first-order valence-electron chi connectivity index (χ1n) is 5.14. The van der Waals surface area contributed by atoms with E-state index in [2.05, 4.69) is 26.0 Å². The highest BCUT2D eigenvalue weighted by Crippen LogP contribution is 2.15. The van der Waals surface area contributed by atoms with Crippen LogP contribution in [0.3, 0.4) is 0 Å². The third-order valence-electron chi connectivity index (χ3n) is 2.26. The molecule has 92 valence electrons. The van der Waals surface area contributed by atoms with Crippen LogP contribution in [-0.2, 0) is 4.79 Å². The van der Waals surface area contributed by atoms with Gasteiger partial charge in [-0.3, -0.25) is 0 Å². The zero-order chi connectivity index (χ0) is 13.1. The molecule has 2 aromatic rings. The number of halogens is 1. The van der Waals surface area contributed by atoms with Gasteiger partial charge in [0.1, 0.15) is 0 Å². The van der Waals surface area contributed by atoms with E-state index in [1.807, 2.05) is 19.2 Å². The SMILES string of the molecule is Cc1cc(/C=C/C(=O)O)cnc1-n1cc(Br)cn1. The van der Waals surface area contributed by atoms with Gasteiger partial charge in [-0.25, -0.2) is 14.5 Å². The predicted octanol–water partition coefficient (Wildman–Crippen LogP) is 2.44. The summed E-state index contributed by atoms with van der Waals surface area (Å²) in [6.07, 6.45) is 7.69. The standard InChI is InChI=1S/C12H10BrN3O2/c1-8-4-9(2-3-11(17)18)5-14-12(8)16-7-10(13)6-15-16/h2-7H,1H3,(H,17,18)/b3-2+. The molecule has 2 aromatic heterocycles. The Morgan fingerprint density at radius 1 is 1.50 bits per heavy atom. The lowest BCUT2D eigenvalue weighted by atomic mass is 10.2. The zero-order valence-corrected chi connectivity index (χ0v) is 11.1. The second kappa shape index (κ2) is 5.14. The molecule has 0 aromatic carbocycles. The number of carboxylic acid groups (broad SMARTS) is 1. The lowest BCUT2D eigenvalue weighted by Gasteiger charge is -2.05. The third kappa shape index (κ3) is 2.84. The van der Waals surface area contributed by atoms with Crippen molar-refractivity contribution in [3.05, 3.63) is 46.3 Å². The van der Waals surface area contributed by atoms with E-state index in [0.29, 0.717) is 5.82 Å². The first-order chi connectivity index (χ1) is 8.56. The quantitative estimate of drug-likeness (QED) is 0.884. The summed E-state index contributed by atoms with van der Waals surface area (Å²) in [6.45, 7) is 1.90. The van der Waals surface area contributed by atoms with Gasteiger partial charge in [0.2, 0.25) is 0 Å². The predicted molar refractivity (Wildman–Crippen MR) is 70.5 cm³/mol. The van der Waals surface area contributed by atoms with E-state index < -0.39 is 5.97 Å². The highest BCUT2D eigenvalue weighted by molar-refractivity contribution is 9.10. The van der Waals surface area contributed by atoms with Gasteiger partial charge in [0.15, 0.2) is 5.82 Å². The number of nitrogens with zero attached hydrogens (tertiary/aromatic N) is 3. The van der Waals surface area contributed by atoms with Gasteiger partial charge in [-0.2, -0.15) is 5.10 Å². The van der Waals surface area contributed by atoms with Gasteiger partial charge in [0.05, 0.1) is 10.7 Å². The number of carbonyl (C=O) groups is 1. The highest BCUT2D eigenvalue weighted by Gasteiger charge is 2.04. The number of aromatic nitrogens is 3. The van der Waals surface area contributed by atoms with Crippen LogP contribution in [0, 0.1) is 6.92 Å². The van der Waals surface area contributed by atoms with Crippen molar-refractivity contribution >= 4 is 28.0 Å². The minimum absolute atomic E-state index is 0.716.